The lowest BCUT2D eigenvalue weighted by Gasteiger charge is -2.32. The van der Waals surface area contributed by atoms with Crippen LogP contribution in [-0.4, -0.2) is 78.3 Å². The summed E-state index contributed by atoms with van der Waals surface area (Å²) in [5.74, 6) is -1.71. The number of halogens is 4. The zero-order valence-electron chi connectivity index (χ0n) is 22.0. The van der Waals surface area contributed by atoms with Gasteiger partial charge in [0.05, 0.1) is 18.8 Å². The van der Waals surface area contributed by atoms with Crippen molar-refractivity contribution in [3.63, 3.8) is 0 Å². The molecule has 1 aromatic rings. The van der Waals surface area contributed by atoms with Gasteiger partial charge in [-0.2, -0.15) is 13.2 Å². The molecule has 2 saturated heterocycles. The third kappa shape index (κ3) is 5.59. The van der Waals surface area contributed by atoms with Crippen LogP contribution in [0.15, 0.2) is 47.7 Å². The molecule has 0 aromatic heterocycles. The van der Waals surface area contributed by atoms with Crippen molar-refractivity contribution in [1.82, 2.24) is 15.1 Å². The molecule has 12 heteroatoms. The molecule has 2 aliphatic carbocycles. The first-order valence-electron chi connectivity index (χ1n) is 13.3. The molecule has 2 aliphatic heterocycles. The highest BCUT2D eigenvalue weighted by Gasteiger charge is 2.56. The second kappa shape index (κ2) is 10.9. The van der Waals surface area contributed by atoms with Gasteiger partial charge in [0, 0.05) is 31.5 Å². The predicted molar refractivity (Wildman–Crippen MR) is 134 cm³/mol. The first-order chi connectivity index (χ1) is 19.0. The maximum absolute atomic E-state index is 13.6. The molecule has 4 atom stereocenters. The summed E-state index contributed by atoms with van der Waals surface area (Å²) < 4.78 is 65.3. The predicted octanol–water partition coefficient (Wildman–Crippen LogP) is 3.73. The van der Waals surface area contributed by atoms with Crippen LogP contribution < -0.4 is 5.32 Å². The quantitative estimate of drug-likeness (QED) is 0.484. The van der Waals surface area contributed by atoms with Crippen molar-refractivity contribution in [2.24, 2.45) is 11.8 Å². The van der Waals surface area contributed by atoms with Gasteiger partial charge in [-0.15, -0.1) is 0 Å². The van der Waals surface area contributed by atoms with E-state index in [2.05, 4.69) is 5.32 Å². The van der Waals surface area contributed by atoms with E-state index in [1.165, 1.54) is 12.1 Å². The summed E-state index contributed by atoms with van der Waals surface area (Å²) in [5, 5.41) is 3.21. The van der Waals surface area contributed by atoms with Crippen LogP contribution in [-0.2, 0) is 25.6 Å². The van der Waals surface area contributed by atoms with Gasteiger partial charge in [-0.3, -0.25) is 14.5 Å². The first-order valence-corrected chi connectivity index (χ1v) is 13.3. The van der Waals surface area contributed by atoms with E-state index >= 15 is 0 Å². The average molecular weight is 566 g/mol. The molecule has 216 valence electrons. The van der Waals surface area contributed by atoms with Gasteiger partial charge in [-0.05, 0) is 55.5 Å². The standard InChI is InChI=1S/C28H31F4N3O5/c1-17(28(30,31)32)35(13-18-2-4-20(29)5-3-18)24(36)14-34-16-27(40-26(34)38)10-8-21-22(27)6-7-23(25(21)37)33-12-19-9-11-39-15-19/h2-7,17,19,21,33H,8-16H2,1H3/t17-,19?,21?,27-/m0/s1. The van der Waals surface area contributed by atoms with Crippen molar-refractivity contribution in [3.05, 3.63) is 59.1 Å². The SMILES string of the molecule is C[C@H](N(Cc1ccc(F)cc1)C(=O)CN1C[C@]2(CCC3C(=O)C(NCC4CCOC4)=CC=C32)OC1=O)C(F)(F)F. The number of fused-ring (bicyclic) bond motifs is 2. The van der Waals surface area contributed by atoms with Crippen LogP contribution in [0.3, 0.4) is 0 Å². The van der Waals surface area contributed by atoms with Crippen molar-refractivity contribution in [1.29, 1.82) is 0 Å². The smallest absolute Gasteiger partial charge is 0.411 e. The summed E-state index contributed by atoms with van der Waals surface area (Å²) in [4.78, 5) is 40.9. The molecule has 5 rings (SSSR count). The van der Waals surface area contributed by atoms with Gasteiger partial charge in [0.15, 0.2) is 11.4 Å². The highest BCUT2D eigenvalue weighted by atomic mass is 19.4. The number of nitrogens with zero attached hydrogens (tertiary/aromatic N) is 2. The van der Waals surface area contributed by atoms with Gasteiger partial charge in [-0.1, -0.05) is 18.2 Å². The molecular formula is C28H31F4N3O5. The van der Waals surface area contributed by atoms with Crippen molar-refractivity contribution in [3.8, 4) is 0 Å². The van der Waals surface area contributed by atoms with E-state index in [1.807, 2.05) is 0 Å². The van der Waals surface area contributed by atoms with E-state index in [0.717, 1.165) is 30.4 Å². The lowest BCUT2D eigenvalue weighted by molar-refractivity contribution is -0.187. The van der Waals surface area contributed by atoms with Crippen LogP contribution in [0.5, 0.6) is 0 Å². The Hall–Kier alpha value is -3.41. The number of carbonyl (C=O) groups is 3. The number of hydrogen-bond acceptors (Lipinski definition) is 6. The Kier molecular flexibility index (Phi) is 7.64. The van der Waals surface area contributed by atoms with E-state index in [1.54, 1.807) is 12.2 Å². The fourth-order valence-corrected chi connectivity index (χ4v) is 5.82. The second-order valence-corrected chi connectivity index (χ2v) is 10.9. The summed E-state index contributed by atoms with van der Waals surface area (Å²) in [6, 6.07) is 2.68. The first kappa shape index (κ1) is 28.1. The Morgan fingerprint density at radius 3 is 2.62 bits per heavy atom. The number of ether oxygens (including phenoxy) is 2. The lowest BCUT2D eigenvalue weighted by atomic mass is 9.85. The highest BCUT2D eigenvalue weighted by Crippen LogP contribution is 2.48. The van der Waals surface area contributed by atoms with Crippen LogP contribution in [0, 0.1) is 17.7 Å². The molecule has 1 N–H and O–H groups in total. The van der Waals surface area contributed by atoms with Crippen LogP contribution in [0.2, 0.25) is 0 Å². The number of hydrogen-bond donors (Lipinski definition) is 1. The largest absolute Gasteiger partial charge is 0.436 e. The maximum Gasteiger partial charge on any atom is 0.411 e. The van der Waals surface area contributed by atoms with Crippen LogP contribution in [0.1, 0.15) is 31.7 Å². The number of Topliss-reactive ketones (excluding diaryl/α,β-unsaturated/α-hetero) is 1. The number of amides is 2. The minimum atomic E-state index is -4.71. The fourth-order valence-electron chi connectivity index (χ4n) is 5.82. The third-order valence-corrected chi connectivity index (χ3v) is 8.20. The highest BCUT2D eigenvalue weighted by molar-refractivity contribution is 6.01. The number of nitrogens with one attached hydrogen (secondary N) is 1. The minimum Gasteiger partial charge on any atom is -0.436 e. The molecule has 1 spiro atoms. The van der Waals surface area contributed by atoms with Crippen molar-refractivity contribution >= 4 is 17.8 Å². The van der Waals surface area contributed by atoms with Crippen molar-refractivity contribution in [2.75, 3.05) is 32.8 Å². The van der Waals surface area contributed by atoms with E-state index in [0.29, 0.717) is 60.3 Å². The summed E-state index contributed by atoms with van der Waals surface area (Å²) in [6.45, 7) is 1.75. The summed E-state index contributed by atoms with van der Waals surface area (Å²) >= 11 is 0. The second-order valence-electron chi connectivity index (χ2n) is 10.9. The molecule has 3 fully saturated rings. The minimum absolute atomic E-state index is 0.0476. The number of allylic oxidation sites excluding steroid dienone is 3. The third-order valence-electron chi connectivity index (χ3n) is 8.20. The summed E-state index contributed by atoms with van der Waals surface area (Å²) in [7, 11) is 0. The van der Waals surface area contributed by atoms with Crippen LogP contribution >= 0.6 is 0 Å². The molecule has 0 bridgehead atoms. The van der Waals surface area contributed by atoms with Gasteiger partial charge in [0.25, 0.3) is 0 Å². The number of benzene rings is 1. The lowest BCUT2D eigenvalue weighted by Crippen LogP contribution is -2.50. The van der Waals surface area contributed by atoms with Gasteiger partial charge in [0.2, 0.25) is 5.91 Å². The maximum atomic E-state index is 13.6. The molecule has 2 amide bonds. The molecule has 1 saturated carbocycles. The number of rotatable bonds is 8. The Balaban J connectivity index is 1.29. The molecule has 4 aliphatic rings. The van der Waals surface area contributed by atoms with Gasteiger partial charge in [0.1, 0.15) is 18.4 Å². The molecule has 2 heterocycles. The van der Waals surface area contributed by atoms with E-state index in [-0.39, 0.29) is 12.3 Å². The zero-order valence-corrected chi connectivity index (χ0v) is 22.0. The molecular weight excluding hydrogens is 534 g/mol. The zero-order chi connectivity index (χ0) is 28.7. The Morgan fingerprint density at radius 1 is 1.20 bits per heavy atom. The molecule has 2 unspecified atom stereocenters. The summed E-state index contributed by atoms with van der Waals surface area (Å²) in [5.41, 5.74) is 0.331. The van der Waals surface area contributed by atoms with Crippen LogP contribution in [0.4, 0.5) is 22.4 Å². The monoisotopic (exact) mass is 565 g/mol. The van der Waals surface area contributed by atoms with Gasteiger partial charge in [-0.25, -0.2) is 9.18 Å². The van der Waals surface area contributed by atoms with Crippen molar-refractivity contribution < 1.29 is 41.4 Å². The van der Waals surface area contributed by atoms with Crippen LogP contribution in [0.25, 0.3) is 0 Å². The Morgan fingerprint density at radius 2 is 1.95 bits per heavy atom. The van der Waals surface area contributed by atoms with Crippen molar-refractivity contribution in [2.45, 2.75) is 50.6 Å². The fraction of sp³-hybridized carbons (Fsp3) is 0.536. The average Bonchev–Trinajstić information content (AvgIpc) is 3.62. The Labute approximate surface area is 229 Å². The number of alkyl halides is 3. The molecule has 1 aromatic carbocycles. The number of carbonyl (C=O) groups excluding carboxylic acids is 3. The van der Waals surface area contributed by atoms with E-state index in [9.17, 15) is 31.9 Å². The van der Waals surface area contributed by atoms with Gasteiger partial charge < -0.3 is 19.7 Å². The normalized spacial score (nSPS) is 26.9. The molecule has 40 heavy (non-hydrogen) atoms. The van der Waals surface area contributed by atoms with E-state index < -0.39 is 54.6 Å². The topological polar surface area (TPSA) is 88.2 Å². The summed E-state index contributed by atoms with van der Waals surface area (Å²) in [6.07, 6.45) is -0.342. The van der Waals surface area contributed by atoms with E-state index in [4.69, 9.17) is 9.47 Å². The Bertz CT molecular complexity index is 1230. The van der Waals surface area contributed by atoms with Gasteiger partial charge >= 0.3 is 12.3 Å². The molecule has 8 nitrogen and oxygen atoms in total. The number of ketones is 1. The molecule has 0 radical (unpaired) electrons.